The second kappa shape index (κ2) is 10.2. The van der Waals surface area contributed by atoms with E-state index in [1.54, 1.807) is 0 Å². The van der Waals surface area contributed by atoms with Gasteiger partial charge in [0.2, 0.25) is 0 Å². The van der Waals surface area contributed by atoms with Gasteiger partial charge in [-0.15, -0.1) is 12.6 Å². The number of rotatable bonds is 1. The Hall–Kier alpha value is 0.200. The van der Waals surface area contributed by atoms with Crippen LogP contribution in [0, 0.1) is 0 Å². The van der Waals surface area contributed by atoms with Gasteiger partial charge in [0.25, 0.3) is 0 Å². The molecule has 0 aromatic rings. The molecule has 0 aromatic heterocycles. The summed E-state index contributed by atoms with van der Waals surface area (Å²) < 4.78 is 0.194. The monoisotopic (exact) mass is 152 g/mol. The highest BCUT2D eigenvalue weighted by Crippen LogP contribution is 1.63. The minimum absolute atomic E-state index is 0.194. The van der Waals surface area contributed by atoms with Gasteiger partial charge in [-0.2, -0.15) is 0 Å². The van der Waals surface area contributed by atoms with Gasteiger partial charge in [0, 0.05) is 0 Å². The molecule has 4 N–H and O–H groups in total. The molecule has 0 unspecified atom stereocenters. The van der Waals surface area contributed by atoms with Gasteiger partial charge >= 0.3 is 0 Å². The van der Waals surface area contributed by atoms with Crippen LogP contribution in [0.4, 0.5) is 0 Å². The van der Waals surface area contributed by atoms with Crippen molar-refractivity contribution in [1.29, 1.82) is 0 Å². The summed E-state index contributed by atoms with van der Waals surface area (Å²) in [7, 11) is 0. The molecule has 8 heavy (non-hydrogen) atoms. The van der Waals surface area contributed by atoms with Crippen LogP contribution < -0.4 is 11.5 Å². The first kappa shape index (κ1) is 11.1. The molecule has 0 rings (SSSR count). The van der Waals surface area contributed by atoms with Crippen molar-refractivity contribution in [2.75, 3.05) is 6.54 Å². The van der Waals surface area contributed by atoms with Gasteiger partial charge in [0.15, 0.2) is 0 Å². The Morgan fingerprint density at radius 3 is 1.88 bits per heavy atom. The van der Waals surface area contributed by atoms with Crippen molar-refractivity contribution < 1.29 is 0 Å². The fourth-order valence-corrected chi connectivity index (χ4v) is 0. The standard InChI is InChI=1S/C3H9N.CH3NS2/c1-2-3-4;2-1(3)4/h2-4H2,1H3;(H3,2,3,4). The third kappa shape index (κ3) is 116. The highest BCUT2D eigenvalue weighted by molar-refractivity contribution is 8.10. The molecule has 0 aliphatic rings. The second-order valence-corrected chi connectivity index (χ2v) is 2.35. The Balaban J connectivity index is 0. The van der Waals surface area contributed by atoms with Crippen LogP contribution in [-0.2, 0) is 0 Å². The smallest absolute Gasteiger partial charge is 0.128 e. The lowest BCUT2D eigenvalue weighted by Crippen LogP contribution is -1.94. The normalized spacial score (nSPS) is 6.88. The predicted octanol–water partition coefficient (Wildman–Crippen LogP) is 0.515. The molecule has 0 amide bonds. The quantitative estimate of drug-likeness (QED) is 0.379. The molecular weight excluding hydrogens is 140 g/mol. The lowest BCUT2D eigenvalue weighted by atomic mass is 10.5. The van der Waals surface area contributed by atoms with E-state index in [1.807, 2.05) is 0 Å². The number of hydrogen-bond donors (Lipinski definition) is 3. The van der Waals surface area contributed by atoms with E-state index in [-0.39, 0.29) is 4.32 Å². The summed E-state index contributed by atoms with van der Waals surface area (Å²) in [6, 6.07) is 0. The van der Waals surface area contributed by atoms with Gasteiger partial charge in [-0.05, 0) is 13.0 Å². The third-order valence-corrected chi connectivity index (χ3v) is 0.289. The van der Waals surface area contributed by atoms with Gasteiger partial charge in [-0.1, -0.05) is 19.1 Å². The summed E-state index contributed by atoms with van der Waals surface area (Å²) in [5, 5.41) is 0. The van der Waals surface area contributed by atoms with Crippen molar-refractivity contribution in [3.63, 3.8) is 0 Å². The SMILES string of the molecule is CCCN.NC(=S)S. The van der Waals surface area contributed by atoms with E-state index < -0.39 is 0 Å². The molecule has 0 saturated heterocycles. The fraction of sp³-hybridized carbons (Fsp3) is 0.750. The summed E-state index contributed by atoms with van der Waals surface area (Å²) in [5.74, 6) is 0. The summed E-state index contributed by atoms with van der Waals surface area (Å²) in [6.45, 7) is 2.88. The van der Waals surface area contributed by atoms with E-state index in [1.165, 1.54) is 0 Å². The molecule has 0 aliphatic heterocycles. The Kier molecular flexibility index (Phi) is 14.1. The first-order valence-electron chi connectivity index (χ1n) is 2.33. The van der Waals surface area contributed by atoms with Crippen molar-refractivity contribution in [2.24, 2.45) is 11.5 Å². The molecule has 0 saturated carbocycles. The zero-order chi connectivity index (χ0) is 6.99. The molecule has 4 heteroatoms. The maximum Gasteiger partial charge on any atom is 0.128 e. The van der Waals surface area contributed by atoms with Gasteiger partial charge in [0.05, 0.1) is 0 Å². The van der Waals surface area contributed by atoms with Crippen molar-refractivity contribution in [3.8, 4) is 0 Å². The highest BCUT2D eigenvalue weighted by Gasteiger charge is 1.56. The van der Waals surface area contributed by atoms with Crippen LogP contribution in [0.1, 0.15) is 13.3 Å². The zero-order valence-corrected chi connectivity index (χ0v) is 6.64. The summed E-state index contributed by atoms with van der Waals surface area (Å²) >= 11 is 7.65. The average Bonchev–Trinajstić information content (AvgIpc) is 1.65. The molecule has 0 aromatic carbocycles. The molecule has 0 heterocycles. The number of thiol groups is 1. The Labute approximate surface area is 61.0 Å². The first-order valence-corrected chi connectivity index (χ1v) is 3.19. The number of hydrogen-bond acceptors (Lipinski definition) is 2. The Morgan fingerprint density at radius 2 is 1.88 bits per heavy atom. The van der Waals surface area contributed by atoms with Gasteiger partial charge in [-0.3, -0.25) is 0 Å². The Bertz CT molecular complexity index is 50.0. The molecule has 0 fully saturated rings. The van der Waals surface area contributed by atoms with Crippen molar-refractivity contribution in [1.82, 2.24) is 0 Å². The minimum atomic E-state index is 0.194. The van der Waals surface area contributed by atoms with Crippen LogP contribution in [0.2, 0.25) is 0 Å². The third-order valence-electron chi connectivity index (χ3n) is 0.289. The van der Waals surface area contributed by atoms with E-state index in [0.29, 0.717) is 0 Å². The predicted molar refractivity (Wildman–Crippen MR) is 45.1 cm³/mol. The van der Waals surface area contributed by atoms with Gasteiger partial charge < -0.3 is 11.5 Å². The van der Waals surface area contributed by atoms with Crippen LogP contribution in [0.3, 0.4) is 0 Å². The fourth-order valence-electron chi connectivity index (χ4n) is 0. The van der Waals surface area contributed by atoms with Crippen LogP contribution in [-0.4, -0.2) is 10.9 Å². The molecule has 0 radical (unpaired) electrons. The largest absolute Gasteiger partial charge is 0.385 e. The molecule has 0 spiro atoms. The summed E-state index contributed by atoms with van der Waals surface area (Å²) in [5.41, 5.74) is 9.73. The highest BCUT2D eigenvalue weighted by atomic mass is 32.1. The van der Waals surface area contributed by atoms with Gasteiger partial charge in [0.1, 0.15) is 4.32 Å². The van der Waals surface area contributed by atoms with E-state index >= 15 is 0 Å². The lowest BCUT2D eigenvalue weighted by molar-refractivity contribution is 0.932. The second-order valence-electron chi connectivity index (χ2n) is 1.13. The Morgan fingerprint density at radius 1 is 1.75 bits per heavy atom. The average molecular weight is 152 g/mol. The van der Waals surface area contributed by atoms with E-state index in [0.717, 1.165) is 13.0 Å². The molecular formula is C4H12N2S2. The van der Waals surface area contributed by atoms with E-state index in [4.69, 9.17) is 11.5 Å². The molecule has 0 bridgehead atoms. The number of nitrogens with two attached hydrogens (primary N) is 2. The van der Waals surface area contributed by atoms with Crippen molar-refractivity contribution in [3.05, 3.63) is 0 Å². The van der Waals surface area contributed by atoms with Crippen LogP contribution in [0.15, 0.2) is 0 Å². The molecule has 2 nitrogen and oxygen atoms in total. The van der Waals surface area contributed by atoms with Crippen LogP contribution in [0.5, 0.6) is 0 Å². The number of thiocarbonyl (C=S) groups is 1. The van der Waals surface area contributed by atoms with Crippen LogP contribution in [0.25, 0.3) is 0 Å². The van der Waals surface area contributed by atoms with Crippen molar-refractivity contribution in [2.45, 2.75) is 13.3 Å². The van der Waals surface area contributed by atoms with Crippen LogP contribution >= 0.6 is 24.8 Å². The van der Waals surface area contributed by atoms with E-state index in [9.17, 15) is 0 Å². The van der Waals surface area contributed by atoms with Gasteiger partial charge in [-0.25, -0.2) is 0 Å². The topological polar surface area (TPSA) is 52.0 Å². The minimum Gasteiger partial charge on any atom is -0.385 e. The molecule has 50 valence electrons. The van der Waals surface area contributed by atoms with Crippen molar-refractivity contribution >= 4 is 29.2 Å². The maximum absolute atomic E-state index is 5.03. The summed E-state index contributed by atoms with van der Waals surface area (Å²) in [4.78, 5) is 0. The maximum atomic E-state index is 5.03. The lowest BCUT2D eigenvalue weighted by Gasteiger charge is -1.70. The zero-order valence-electron chi connectivity index (χ0n) is 4.92. The molecule has 0 atom stereocenters. The molecule has 0 aliphatic carbocycles. The first-order chi connectivity index (χ1) is 3.65. The van der Waals surface area contributed by atoms with E-state index in [2.05, 4.69) is 31.8 Å². The summed E-state index contributed by atoms with van der Waals surface area (Å²) in [6.07, 6.45) is 1.10.